The Morgan fingerprint density at radius 3 is 2.50 bits per heavy atom. The van der Waals surface area contributed by atoms with E-state index in [4.69, 9.17) is 5.73 Å². The van der Waals surface area contributed by atoms with Crippen LogP contribution in [0.3, 0.4) is 0 Å². The quantitative estimate of drug-likeness (QED) is 0.848. The van der Waals surface area contributed by atoms with Gasteiger partial charge in [-0.1, -0.05) is 0 Å². The number of nitrogen functional groups attached to an aromatic ring is 1. The third-order valence-electron chi connectivity index (χ3n) is 2.64. The van der Waals surface area contributed by atoms with Crippen molar-refractivity contribution in [3.05, 3.63) is 22.7 Å². The highest BCUT2D eigenvalue weighted by Crippen LogP contribution is 2.28. The molecule has 1 aliphatic rings. The second-order valence-corrected chi connectivity index (χ2v) is 6.56. The van der Waals surface area contributed by atoms with Crippen molar-refractivity contribution >= 4 is 31.6 Å². The maximum absolute atomic E-state index is 12.2. The first kappa shape index (κ1) is 11.9. The Morgan fingerprint density at radius 1 is 1.25 bits per heavy atom. The Labute approximate surface area is 104 Å². The van der Waals surface area contributed by atoms with E-state index in [1.165, 1.54) is 10.4 Å². The van der Waals surface area contributed by atoms with Crippen LogP contribution in [0.5, 0.6) is 0 Å². The Kier molecular flexibility index (Phi) is 3.23. The molecule has 0 radical (unpaired) electrons. The summed E-state index contributed by atoms with van der Waals surface area (Å²) >= 11 is 3.25. The summed E-state index contributed by atoms with van der Waals surface area (Å²) in [5, 5.41) is 0. The SMILES string of the molecule is Nc1ccc(Br)c(S(=O)(=O)N2CCCC2)c1. The maximum atomic E-state index is 12.2. The summed E-state index contributed by atoms with van der Waals surface area (Å²) in [5.74, 6) is 0. The van der Waals surface area contributed by atoms with Crippen LogP contribution in [-0.2, 0) is 10.0 Å². The van der Waals surface area contributed by atoms with Crippen LogP contribution >= 0.6 is 15.9 Å². The molecule has 4 nitrogen and oxygen atoms in total. The van der Waals surface area contributed by atoms with Gasteiger partial charge in [-0.25, -0.2) is 8.42 Å². The predicted molar refractivity (Wildman–Crippen MR) is 66.5 cm³/mol. The second-order valence-electron chi connectivity index (χ2n) is 3.80. The molecule has 0 aliphatic carbocycles. The molecule has 6 heteroatoms. The van der Waals surface area contributed by atoms with E-state index in [1.807, 2.05) is 0 Å². The lowest BCUT2D eigenvalue weighted by molar-refractivity contribution is 0.477. The molecule has 0 aromatic heterocycles. The lowest BCUT2D eigenvalue weighted by Crippen LogP contribution is -2.28. The number of nitrogens with zero attached hydrogens (tertiary/aromatic N) is 1. The third-order valence-corrected chi connectivity index (χ3v) is 5.53. The van der Waals surface area contributed by atoms with E-state index in [0.717, 1.165) is 12.8 Å². The molecule has 1 saturated heterocycles. The van der Waals surface area contributed by atoms with Gasteiger partial charge in [-0.15, -0.1) is 0 Å². The van der Waals surface area contributed by atoms with Gasteiger partial charge in [0.05, 0.1) is 4.90 Å². The van der Waals surface area contributed by atoms with Crippen molar-refractivity contribution in [2.75, 3.05) is 18.8 Å². The third kappa shape index (κ3) is 2.09. The molecule has 1 aromatic carbocycles. The fraction of sp³-hybridized carbons (Fsp3) is 0.400. The number of anilines is 1. The molecule has 0 amide bonds. The van der Waals surface area contributed by atoms with Gasteiger partial charge in [0.25, 0.3) is 0 Å². The van der Waals surface area contributed by atoms with Gasteiger partial charge in [0.1, 0.15) is 0 Å². The molecular formula is C10H13BrN2O2S. The molecule has 0 bridgehead atoms. The molecule has 16 heavy (non-hydrogen) atoms. The number of halogens is 1. The van der Waals surface area contributed by atoms with Crippen molar-refractivity contribution in [3.63, 3.8) is 0 Å². The molecule has 2 N–H and O–H groups in total. The van der Waals surface area contributed by atoms with Crippen molar-refractivity contribution in [2.24, 2.45) is 0 Å². The normalized spacial score (nSPS) is 17.8. The van der Waals surface area contributed by atoms with Crippen molar-refractivity contribution in [3.8, 4) is 0 Å². The highest BCUT2D eigenvalue weighted by Gasteiger charge is 2.28. The monoisotopic (exact) mass is 304 g/mol. The number of benzene rings is 1. The fourth-order valence-corrected chi connectivity index (χ4v) is 4.26. The zero-order chi connectivity index (χ0) is 11.8. The van der Waals surface area contributed by atoms with Gasteiger partial charge in [0.15, 0.2) is 0 Å². The first-order valence-corrected chi connectivity index (χ1v) is 7.30. The minimum Gasteiger partial charge on any atom is -0.399 e. The summed E-state index contributed by atoms with van der Waals surface area (Å²) in [6.45, 7) is 1.20. The first-order valence-electron chi connectivity index (χ1n) is 5.07. The Bertz CT molecular complexity index is 496. The minimum absolute atomic E-state index is 0.259. The molecule has 0 unspecified atom stereocenters. The van der Waals surface area contributed by atoms with Crippen molar-refractivity contribution in [1.82, 2.24) is 4.31 Å². The molecule has 1 heterocycles. The number of nitrogens with two attached hydrogens (primary N) is 1. The van der Waals surface area contributed by atoms with E-state index in [0.29, 0.717) is 23.2 Å². The van der Waals surface area contributed by atoms with E-state index in [2.05, 4.69) is 15.9 Å². The summed E-state index contributed by atoms with van der Waals surface area (Å²) < 4.78 is 26.6. The molecule has 1 aromatic rings. The van der Waals surface area contributed by atoms with Crippen molar-refractivity contribution in [1.29, 1.82) is 0 Å². The Morgan fingerprint density at radius 2 is 1.88 bits per heavy atom. The van der Waals surface area contributed by atoms with E-state index < -0.39 is 10.0 Å². The molecule has 88 valence electrons. The van der Waals surface area contributed by atoms with Crippen LogP contribution in [0.2, 0.25) is 0 Å². The minimum atomic E-state index is -3.39. The topological polar surface area (TPSA) is 63.4 Å². The van der Waals surface area contributed by atoms with Gasteiger partial charge in [-0.05, 0) is 47.0 Å². The first-order chi connectivity index (χ1) is 7.51. The lowest BCUT2D eigenvalue weighted by atomic mass is 10.3. The van der Waals surface area contributed by atoms with Gasteiger partial charge >= 0.3 is 0 Å². The number of hydrogen-bond donors (Lipinski definition) is 1. The molecule has 2 rings (SSSR count). The van der Waals surface area contributed by atoms with E-state index in [1.54, 1.807) is 12.1 Å². The number of hydrogen-bond acceptors (Lipinski definition) is 3. The van der Waals surface area contributed by atoms with Crippen LogP contribution in [0.4, 0.5) is 5.69 Å². The summed E-state index contributed by atoms with van der Waals surface area (Å²) in [6, 6.07) is 4.84. The van der Waals surface area contributed by atoms with Gasteiger partial charge < -0.3 is 5.73 Å². The van der Waals surface area contributed by atoms with Crippen molar-refractivity contribution < 1.29 is 8.42 Å². The van der Waals surface area contributed by atoms with Crippen LogP contribution in [0.25, 0.3) is 0 Å². The molecule has 0 saturated carbocycles. The molecule has 1 aliphatic heterocycles. The van der Waals surface area contributed by atoms with Gasteiger partial charge in [0, 0.05) is 23.2 Å². The molecule has 1 fully saturated rings. The van der Waals surface area contributed by atoms with Crippen LogP contribution in [0.15, 0.2) is 27.6 Å². The van der Waals surface area contributed by atoms with Gasteiger partial charge in [0.2, 0.25) is 10.0 Å². The molecule has 0 atom stereocenters. The van der Waals surface area contributed by atoms with E-state index in [9.17, 15) is 8.42 Å². The average Bonchev–Trinajstić information content (AvgIpc) is 2.75. The zero-order valence-corrected chi connectivity index (χ0v) is 11.1. The maximum Gasteiger partial charge on any atom is 0.244 e. The highest BCUT2D eigenvalue weighted by molar-refractivity contribution is 9.10. The van der Waals surface area contributed by atoms with Crippen LogP contribution in [0, 0.1) is 0 Å². The van der Waals surface area contributed by atoms with Crippen LogP contribution in [-0.4, -0.2) is 25.8 Å². The van der Waals surface area contributed by atoms with Gasteiger partial charge in [-0.3, -0.25) is 0 Å². The smallest absolute Gasteiger partial charge is 0.244 e. The van der Waals surface area contributed by atoms with E-state index in [-0.39, 0.29) is 4.90 Å². The van der Waals surface area contributed by atoms with E-state index >= 15 is 0 Å². The van der Waals surface area contributed by atoms with Gasteiger partial charge in [-0.2, -0.15) is 4.31 Å². The second kappa shape index (κ2) is 4.35. The number of sulfonamides is 1. The summed E-state index contributed by atoms with van der Waals surface area (Å²) in [6.07, 6.45) is 1.86. The Hall–Kier alpha value is -0.590. The van der Waals surface area contributed by atoms with Crippen molar-refractivity contribution in [2.45, 2.75) is 17.7 Å². The summed E-state index contributed by atoms with van der Waals surface area (Å²) in [4.78, 5) is 0.259. The average molecular weight is 305 g/mol. The predicted octanol–water partition coefficient (Wildman–Crippen LogP) is 1.82. The largest absolute Gasteiger partial charge is 0.399 e. The van der Waals surface area contributed by atoms with Crippen LogP contribution < -0.4 is 5.73 Å². The summed E-state index contributed by atoms with van der Waals surface area (Å²) in [5.41, 5.74) is 6.08. The zero-order valence-electron chi connectivity index (χ0n) is 8.69. The Balaban J connectivity index is 2.46. The summed E-state index contributed by atoms with van der Waals surface area (Å²) in [7, 11) is -3.39. The van der Waals surface area contributed by atoms with Crippen LogP contribution in [0.1, 0.15) is 12.8 Å². The molecule has 0 spiro atoms. The lowest BCUT2D eigenvalue weighted by Gasteiger charge is -2.16. The molecular weight excluding hydrogens is 292 g/mol. The standard InChI is InChI=1S/C10H13BrN2O2S/c11-9-4-3-8(12)7-10(9)16(14,15)13-5-1-2-6-13/h3-4,7H,1-2,5-6,12H2. The highest BCUT2D eigenvalue weighted by atomic mass is 79.9. The fourth-order valence-electron chi connectivity index (χ4n) is 1.79. The number of rotatable bonds is 2.